The lowest BCUT2D eigenvalue weighted by Crippen LogP contribution is -2.27. The Bertz CT molecular complexity index is 383. The van der Waals surface area contributed by atoms with E-state index in [0.717, 1.165) is 17.8 Å². The van der Waals surface area contributed by atoms with Gasteiger partial charge in [0, 0.05) is 12.2 Å². The van der Waals surface area contributed by atoms with Gasteiger partial charge in [-0.15, -0.1) is 0 Å². The third-order valence-corrected chi connectivity index (χ3v) is 1.95. The van der Waals surface area contributed by atoms with Crippen molar-refractivity contribution in [1.82, 2.24) is 5.32 Å². The standard InChI is InChI=1S/C13H20N2O2/c1-13(2,3)17-12(16)15-11-7-5-6-10(8-11)9-14-4/h5-8,14H,9H2,1-4H3,(H,15,16). The van der Waals surface area contributed by atoms with Crippen molar-refractivity contribution in [3.8, 4) is 0 Å². The fraction of sp³-hybridized carbons (Fsp3) is 0.462. The van der Waals surface area contributed by atoms with Crippen molar-refractivity contribution in [2.45, 2.75) is 32.9 Å². The molecule has 1 aromatic rings. The molecular weight excluding hydrogens is 216 g/mol. The molecule has 0 bridgehead atoms. The van der Waals surface area contributed by atoms with Gasteiger partial charge in [-0.2, -0.15) is 0 Å². The summed E-state index contributed by atoms with van der Waals surface area (Å²) in [5, 5.41) is 5.77. The van der Waals surface area contributed by atoms with Gasteiger partial charge in [0.15, 0.2) is 0 Å². The minimum absolute atomic E-state index is 0.431. The number of carbonyl (C=O) groups is 1. The monoisotopic (exact) mass is 236 g/mol. The number of carbonyl (C=O) groups excluding carboxylic acids is 1. The van der Waals surface area contributed by atoms with Crippen molar-refractivity contribution in [2.24, 2.45) is 0 Å². The first kappa shape index (κ1) is 13.5. The molecule has 0 radical (unpaired) electrons. The van der Waals surface area contributed by atoms with Gasteiger partial charge in [-0.3, -0.25) is 5.32 Å². The molecule has 0 heterocycles. The van der Waals surface area contributed by atoms with Crippen LogP contribution in [0.2, 0.25) is 0 Å². The van der Waals surface area contributed by atoms with Gasteiger partial charge in [0.1, 0.15) is 5.60 Å². The predicted molar refractivity (Wildman–Crippen MR) is 69.1 cm³/mol. The SMILES string of the molecule is CNCc1cccc(NC(=O)OC(C)(C)C)c1. The number of rotatable bonds is 3. The van der Waals surface area contributed by atoms with Crippen molar-refractivity contribution in [3.05, 3.63) is 29.8 Å². The minimum Gasteiger partial charge on any atom is -0.444 e. The summed E-state index contributed by atoms with van der Waals surface area (Å²) in [7, 11) is 1.88. The van der Waals surface area contributed by atoms with Crippen LogP contribution < -0.4 is 10.6 Å². The number of hydrogen-bond acceptors (Lipinski definition) is 3. The topological polar surface area (TPSA) is 50.4 Å². The fourth-order valence-corrected chi connectivity index (χ4v) is 1.38. The van der Waals surface area contributed by atoms with Crippen LogP contribution in [-0.4, -0.2) is 18.7 Å². The summed E-state index contributed by atoms with van der Waals surface area (Å²) < 4.78 is 5.18. The van der Waals surface area contributed by atoms with Crippen molar-refractivity contribution in [1.29, 1.82) is 0 Å². The highest BCUT2D eigenvalue weighted by Crippen LogP contribution is 2.13. The van der Waals surface area contributed by atoms with Crippen molar-refractivity contribution in [3.63, 3.8) is 0 Å². The van der Waals surface area contributed by atoms with E-state index in [1.807, 2.05) is 52.1 Å². The van der Waals surface area contributed by atoms with Crippen LogP contribution in [0.25, 0.3) is 0 Å². The summed E-state index contributed by atoms with van der Waals surface area (Å²) in [6.45, 7) is 6.28. The Morgan fingerprint density at radius 3 is 2.65 bits per heavy atom. The van der Waals surface area contributed by atoms with E-state index in [2.05, 4.69) is 10.6 Å². The Morgan fingerprint density at radius 2 is 2.06 bits per heavy atom. The second-order valence-corrected chi connectivity index (χ2v) is 4.86. The number of ether oxygens (including phenoxy) is 1. The molecule has 17 heavy (non-hydrogen) atoms. The molecule has 0 atom stereocenters. The van der Waals surface area contributed by atoms with Crippen molar-refractivity contribution in [2.75, 3.05) is 12.4 Å². The average molecular weight is 236 g/mol. The van der Waals surface area contributed by atoms with E-state index in [4.69, 9.17) is 4.74 Å². The van der Waals surface area contributed by atoms with Gasteiger partial charge in [-0.1, -0.05) is 12.1 Å². The van der Waals surface area contributed by atoms with E-state index in [-0.39, 0.29) is 0 Å². The Hall–Kier alpha value is -1.55. The summed E-state index contributed by atoms with van der Waals surface area (Å²) in [4.78, 5) is 11.5. The minimum atomic E-state index is -0.479. The van der Waals surface area contributed by atoms with Gasteiger partial charge < -0.3 is 10.1 Å². The summed E-state index contributed by atoms with van der Waals surface area (Å²) in [5.74, 6) is 0. The van der Waals surface area contributed by atoms with Gasteiger partial charge in [0.25, 0.3) is 0 Å². The molecule has 1 amide bonds. The zero-order chi connectivity index (χ0) is 12.9. The maximum atomic E-state index is 11.5. The summed E-state index contributed by atoms with van der Waals surface area (Å²) >= 11 is 0. The van der Waals surface area contributed by atoms with Gasteiger partial charge in [0.2, 0.25) is 0 Å². The third-order valence-electron chi connectivity index (χ3n) is 1.95. The van der Waals surface area contributed by atoms with Gasteiger partial charge >= 0.3 is 6.09 Å². The van der Waals surface area contributed by atoms with Crippen LogP contribution in [0.5, 0.6) is 0 Å². The number of nitrogens with one attached hydrogen (secondary N) is 2. The fourth-order valence-electron chi connectivity index (χ4n) is 1.38. The molecule has 0 saturated carbocycles. The summed E-state index contributed by atoms with van der Waals surface area (Å²) in [6.07, 6.45) is -0.431. The highest BCUT2D eigenvalue weighted by atomic mass is 16.6. The molecule has 0 aromatic heterocycles. The van der Waals surface area contributed by atoms with Gasteiger partial charge in [0.05, 0.1) is 0 Å². The molecule has 0 aliphatic rings. The van der Waals surface area contributed by atoms with E-state index in [1.165, 1.54) is 0 Å². The second kappa shape index (κ2) is 5.68. The first-order valence-corrected chi connectivity index (χ1v) is 5.64. The molecule has 0 aliphatic heterocycles. The molecule has 94 valence electrons. The lowest BCUT2D eigenvalue weighted by atomic mass is 10.2. The van der Waals surface area contributed by atoms with Gasteiger partial charge in [-0.05, 0) is 45.5 Å². The third kappa shape index (κ3) is 5.36. The number of anilines is 1. The lowest BCUT2D eigenvalue weighted by molar-refractivity contribution is 0.0636. The predicted octanol–water partition coefficient (Wildman–Crippen LogP) is 2.75. The molecule has 0 spiro atoms. The first-order chi connectivity index (χ1) is 7.90. The van der Waals surface area contributed by atoms with Crippen LogP contribution in [0.3, 0.4) is 0 Å². The van der Waals surface area contributed by atoms with E-state index in [9.17, 15) is 4.79 Å². The molecule has 4 heteroatoms. The average Bonchev–Trinajstić information content (AvgIpc) is 2.15. The Morgan fingerprint density at radius 1 is 1.35 bits per heavy atom. The zero-order valence-electron chi connectivity index (χ0n) is 10.8. The number of hydrogen-bond donors (Lipinski definition) is 2. The molecule has 0 fully saturated rings. The van der Waals surface area contributed by atoms with E-state index < -0.39 is 11.7 Å². The highest BCUT2D eigenvalue weighted by Gasteiger charge is 2.16. The largest absolute Gasteiger partial charge is 0.444 e. The molecule has 1 rings (SSSR count). The van der Waals surface area contributed by atoms with Crippen LogP contribution in [0.1, 0.15) is 26.3 Å². The van der Waals surface area contributed by atoms with Gasteiger partial charge in [-0.25, -0.2) is 4.79 Å². The molecule has 1 aromatic carbocycles. The Labute approximate surface area is 102 Å². The maximum absolute atomic E-state index is 11.5. The highest BCUT2D eigenvalue weighted by molar-refractivity contribution is 5.84. The lowest BCUT2D eigenvalue weighted by Gasteiger charge is -2.19. The van der Waals surface area contributed by atoms with Crippen molar-refractivity contribution < 1.29 is 9.53 Å². The second-order valence-electron chi connectivity index (χ2n) is 4.86. The number of benzene rings is 1. The maximum Gasteiger partial charge on any atom is 0.412 e. The van der Waals surface area contributed by atoms with E-state index in [0.29, 0.717) is 0 Å². The smallest absolute Gasteiger partial charge is 0.412 e. The zero-order valence-corrected chi connectivity index (χ0v) is 10.8. The first-order valence-electron chi connectivity index (χ1n) is 5.64. The van der Waals surface area contributed by atoms with Crippen LogP contribution in [0.4, 0.5) is 10.5 Å². The normalized spacial score (nSPS) is 11.1. The van der Waals surface area contributed by atoms with Crippen LogP contribution in [0, 0.1) is 0 Å². The molecule has 4 nitrogen and oxygen atoms in total. The molecule has 0 unspecified atom stereocenters. The molecular formula is C13H20N2O2. The Kier molecular flexibility index (Phi) is 4.52. The van der Waals surface area contributed by atoms with Crippen LogP contribution in [0.15, 0.2) is 24.3 Å². The van der Waals surface area contributed by atoms with E-state index >= 15 is 0 Å². The van der Waals surface area contributed by atoms with E-state index in [1.54, 1.807) is 0 Å². The quantitative estimate of drug-likeness (QED) is 0.848. The Balaban J connectivity index is 2.62. The van der Waals surface area contributed by atoms with Crippen LogP contribution >= 0.6 is 0 Å². The van der Waals surface area contributed by atoms with Crippen LogP contribution in [-0.2, 0) is 11.3 Å². The molecule has 0 aliphatic carbocycles. The summed E-state index contributed by atoms with van der Waals surface area (Å²) in [6, 6.07) is 7.65. The molecule has 0 saturated heterocycles. The number of amides is 1. The molecule has 2 N–H and O–H groups in total. The summed E-state index contributed by atoms with van der Waals surface area (Å²) in [5.41, 5.74) is 1.38. The van der Waals surface area contributed by atoms with Crippen molar-refractivity contribution >= 4 is 11.8 Å².